The molecule has 1 unspecified atom stereocenters. The van der Waals surface area contributed by atoms with Crippen LogP contribution < -0.4 is 21.5 Å². The standard InChI is InChI=1S/C24H22N4O3/c25-24(29)19-8-11-30-22-13-20-23-16(6-3-7-18(23)14-28(20)22)4-1-2-5-17-12-21(17)31-15-26-9-10-27-19/h1-12,15,19,22,27H,13-14H2,(H2,25,29)/b2-1-,10-9-,11-8+,16-4+,17-5+,26-15-/t19?,22-/m0/s1. The minimum absolute atomic E-state index is 0.0499. The minimum Gasteiger partial charge on any atom is -0.478 e. The van der Waals surface area contributed by atoms with E-state index in [0.717, 1.165) is 24.3 Å². The van der Waals surface area contributed by atoms with Crippen LogP contribution in [0.5, 0.6) is 0 Å². The third kappa shape index (κ3) is 3.90. The number of carbonyl (C=O) groups excluding carboxylic acids is 1. The highest BCUT2D eigenvalue weighted by atomic mass is 16.5. The Morgan fingerprint density at radius 1 is 1.26 bits per heavy atom. The van der Waals surface area contributed by atoms with Crippen LogP contribution >= 0.6 is 0 Å². The lowest BCUT2D eigenvalue weighted by Gasteiger charge is -2.41. The van der Waals surface area contributed by atoms with E-state index in [1.165, 1.54) is 46.8 Å². The van der Waals surface area contributed by atoms with Gasteiger partial charge in [-0.1, -0.05) is 42.5 Å². The molecule has 0 spiro atoms. The Bertz CT molecular complexity index is 1220. The van der Waals surface area contributed by atoms with Gasteiger partial charge in [-0.2, -0.15) is 0 Å². The van der Waals surface area contributed by atoms with E-state index in [2.05, 4.69) is 39.5 Å². The molecule has 4 aliphatic rings. The first-order valence-electron chi connectivity index (χ1n) is 10.1. The highest BCUT2D eigenvalue weighted by Gasteiger charge is 2.38. The van der Waals surface area contributed by atoms with E-state index in [4.69, 9.17) is 15.2 Å². The van der Waals surface area contributed by atoms with Gasteiger partial charge in [0.25, 0.3) is 0 Å². The maximum atomic E-state index is 11.7. The van der Waals surface area contributed by atoms with Crippen LogP contribution in [0.1, 0.15) is 12.0 Å². The molecule has 0 radical (unpaired) electrons. The zero-order valence-corrected chi connectivity index (χ0v) is 16.8. The Morgan fingerprint density at radius 3 is 3.06 bits per heavy atom. The van der Waals surface area contributed by atoms with E-state index in [1.807, 2.05) is 24.3 Å². The third-order valence-electron chi connectivity index (χ3n) is 5.52. The van der Waals surface area contributed by atoms with Gasteiger partial charge in [0.15, 0.2) is 12.6 Å². The summed E-state index contributed by atoms with van der Waals surface area (Å²) in [5.41, 5.74) is 9.08. The van der Waals surface area contributed by atoms with Crippen molar-refractivity contribution in [1.29, 1.82) is 0 Å². The molecule has 1 amide bonds. The second kappa shape index (κ2) is 8.02. The van der Waals surface area contributed by atoms with Gasteiger partial charge < -0.3 is 25.4 Å². The number of hydrogen-bond acceptors (Lipinski definition) is 6. The summed E-state index contributed by atoms with van der Waals surface area (Å²) >= 11 is 0. The van der Waals surface area contributed by atoms with Crippen LogP contribution in [0.3, 0.4) is 0 Å². The summed E-state index contributed by atoms with van der Waals surface area (Å²) in [7, 11) is 0. The van der Waals surface area contributed by atoms with Crippen LogP contribution in [-0.2, 0) is 20.8 Å². The zero-order valence-electron chi connectivity index (χ0n) is 16.8. The van der Waals surface area contributed by atoms with Crippen molar-refractivity contribution in [3.05, 3.63) is 94.6 Å². The number of ether oxygens (including phenoxy) is 2. The van der Waals surface area contributed by atoms with Crippen molar-refractivity contribution in [1.82, 2.24) is 10.2 Å². The fourth-order valence-corrected chi connectivity index (χ4v) is 3.86. The average Bonchev–Trinajstić information content (AvgIpc) is 3.43. The number of aliphatic imine (C=N–C) groups is 1. The summed E-state index contributed by atoms with van der Waals surface area (Å²) in [5, 5.41) is 5.38. The summed E-state index contributed by atoms with van der Waals surface area (Å²) in [6, 6.07) is 5.68. The molecule has 3 N–H and O–H groups in total. The molecule has 7 heteroatoms. The van der Waals surface area contributed by atoms with Crippen molar-refractivity contribution in [2.75, 3.05) is 0 Å². The molecule has 1 aromatic carbocycles. The second-order valence-corrected chi connectivity index (χ2v) is 7.50. The van der Waals surface area contributed by atoms with Crippen LogP contribution in [0.25, 0.3) is 11.8 Å². The van der Waals surface area contributed by atoms with E-state index in [1.54, 1.807) is 6.08 Å². The normalized spacial score (nSPS) is 30.5. The van der Waals surface area contributed by atoms with Gasteiger partial charge in [0.05, 0.1) is 6.26 Å². The number of nitrogens with one attached hydrogen (secondary N) is 1. The van der Waals surface area contributed by atoms with Gasteiger partial charge in [-0.3, -0.25) is 4.79 Å². The summed E-state index contributed by atoms with van der Waals surface area (Å²) in [5.74, 6) is 0.270. The zero-order chi connectivity index (χ0) is 21.2. The highest BCUT2D eigenvalue weighted by molar-refractivity contribution is 5.82. The quantitative estimate of drug-likeness (QED) is 0.716. The van der Waals surface area contributed by atoms with Crippen LogP contribution in [-0.4, -0.2) is 29.5 Å². The van der Waals surface area contributed by atoms with Crippen molar-refractivity contribution in [3.63, 3.8) is 0 Å². The van der Waals surface area contributed by atoms with Crippen molar-refractivity contribution in [3.8, 4) is 0 Å². The number of nitrogens with zero attached hydrogens (tertiary/aromatic N) is 2. The minimum atomic E-state index is -0.700. The SMILES string of the molecule is NC(=O)C1/C=C/O[C@H]2CC3=c4c(ccc\c4=C/C=C\C=C4C=C/4O/C=N\C=C/N1)CN32. The lowest BCUT2D eigenvalue weighted by atomic mass is 10.1. The molecule has 31 heavy (non-hydrogen) atoms. The molecular formula is C24H22N4O3. The molecule has 0 saturated carbocycles. The predicted octanol–water partition coefficient (Wildman–Crippen LogP) is 1.00. The first-order valence-corrected chi connectivity index (χ1v) is 10.1. The smallest absolute Gasteiger partial charge is 0.244 e. The van der Waals surface area contributed by atoms with E-state index in [9.17, 15) is 4.79 Å². The number of rotatable bonds is 1. The molecule has 7 nitrogen and oxygen atoms in total. The maximum Gasteiger partial charge on any atom is 0.244 e. The molecule has 3 heterocycles. The van der Waals surface area contributed by atoms with E-state index in [-0.39, 0.29) is 6.23 Å². The monoisotopic (exact) mass is 414 g/mol. The summed E-state index contributed by atoms with van der Waals surface area (Å²) in [6.45, 7) is 0.821. The molecule has 5 rings (SSSR count). The Morgan fingerprint density at radius 2 is 2.16 bits per heavy atom. The van der Waals surface area contributed by atoms with Gasteiger partial charge in [-0.25, -0.2) is 4.99 Å². The van der Waals surface area contributed by atoms with E-state index < -0.39 is 11.9 Å². The fraction of sp³-hybridized carbons (Fsp3) is 0.167. The lowest BCUT2D eigenvalue weighted by molar-refractivity contribution is -0.118. The molecule has 1 fully saturated rings. The maximum absolute atomic E-state index is 11.7. The van der Waals surface area contributed by atoms with Crippen molar-refractivity contribution >= 4 is 24.1 Å². The number of hydrogen-bond donors (Lipinski definition) is 2. The van der Waals surface area contributed by atoms with Crippen LogP contribution in [0, 0.1) is 0 Å². The Hall–Kier alpha value is -4.00. The number of nitrogens with two attached hydrogens (primary N) is 1. The van der Waals surface area contributed by atoms with Gasteiger partial charge in [-0.15, -0.1) is 0 Å². The largest absolute Gasteiger partial charge is 0.478 e. The first kappa shape index (κ1) is 19.0. The van der Waals surface area contributed by atoms with Gasteiger partial charge in [0.2, 0.25) is 5.91 Å². The summed E-state index contributed by atoms with van der Waals surface area (Å²) < 4.78 is 11.3. The van der Waals surface area contributed by atoms with Crippen molar-refractivity contribution in [2.24, 2.45) is 10.7 Å². The Balaban J connectivity index is 1.43. The number of benzene rings is 1. The lowest BCUT2D eigenvalue weighted by Crippen LogP contribution is -2.45. The summed E-state index contributed by atoms with van der Waals surface area (Å²) in [6.07, 6.45) is 18.4. The predicted molar refractivity (Wildman–Crippen MR) is 118 cm³/mol. The Labute approximate surface area is 179 Å². The number of carbonyl (C=O) groups is 1. The Kier molecular flexibility index (Phi) is 4.92. The van der Waals surface area contributed by atoms with Crippen molar-refractivity contribution in [2.45, 2.75) is 25.2 Å². The molecule has 1 aromatic rings. The number of amides is 1. The average molecular weight is 414 g/mol. The van der Waals surface area contributed by atoms with Crippen molar-refractivity contribution < 1.29 is 14.3 Å². The summed E-state index contributed by atoms with van der Waals surface area (Å²) in [4.78, 5) is 17.9. The van der Waals surface area contributed by atoms with E-state index >= 15 is 0 Å². The second-order valence-electron chi connectivity index (χ2n) is 7.50. The van der Waals surface area contributed by atoms with Crippen LogP contribution in [0.4, 0.5) is 0 Å². The molecule has 156 valence electrons. The van der Waals surface area contributed by atoms with Gasteiger partial charge in [-0.05, 0) is 22.9 Å². The molecular weight excluding hydrogens is 392 g/mol. The van der Waals surface area contributed by atoms with Gasteiger partial charge >= 0.3 is 0 Å². The van der Waals surface area contributed by atoms with Gasteiger partial charge in [0.1, 0.15) is 11.8 Å². The van der Waals surface area contributed by atoms with Gasteiger partial charge in [0, 0.05) is 41.9 Å². The fourth-order valence-electron chi connectivity index (χ4n) is 3.86. The topological polar surface area (TPSA) is 89.2 Å². The molecule has 3 aliphatic heterocycles. The number of primary amides is 1. The van der Waals surface area contributed by atoms with Crippen LogP contribution in [0.2, 0.25) is 0 Å². The third-order valence-corrected chi connectivity index (χ3v) is 5.52. The molecule has 2 atom stereocenters. The number of allylic oxidation sites excluding steroid dienone is 5. The molecule has 0 aromatic heterocycles. The van der Waals surface area contributed by atoms with Crippen LogP contribution in [0.15, 0.2) is 83.6 Å². The highest BCUT2D eigenvalue weighted by Crippen LogP contribution is 2.35. The molecule has 2 bridgehead atoms. The van der Waals surface area contributed by atoms with E-state index in [0.29, 0.717) is 0 Å². The molecule has 1 aliphatic carbocycles. The number of fused-ring (bicyclic) bond motifs is 3. The first-order chi connectivity index (χ1) is 15.2. The molecule has 1 saturated heterocycles.